The molecule has 1 amide bonds. The van der Waals surface area contributed by atoms with E-state index in [2.05, 4.69) is 31.8 Å². The Morgan fingerprint density at radius 2 is 2.09 bits per heavy atom. The molecule has 5 nitrogen and oxygen atoms in total. The Morgan fingerprint density at radius 1 is 1.32 bits per heavy atom. The lowest BCUT2D eigenvalue weighted by Gasteiger charge is -2.07. The maximum absolute atomic E-state index is 11.7. The molecule has 0 bridgehead atoms. The molecule has 0 aromatic heterocycles. The average Bonchev–Trinajstić information content (AvgIpc) is 2.48. The normalized spacial score (nSPS) is 10.6. The molecule has 0 saturated carbocycles. The molecule has 0 atom stereocenters. The molecular weight excluding hydrogens is 370 g/mol. The number of anilines is 1. The Balaban J connectivity index is 1.84. The van der Waals surface area contributed by atoms with E-state index < -0.39 is 0 Å². The maximum atomic E-state index is 11.7. The van der Waals surface area contributed by atoms with Crippen molar-refractivity contribution >= 4 is 45.3 Å². The van der Waals surface area contributed by atoms with E-state index in [1.165, 1.54) is 6.21 Å². The minimum atomic E-state index is -0.312. The minimum Gasteiger partial charge on any atom is -0.507 e. The molecular formula is C15H13BrClN3O2. The van der Waals surface area contributed by atoms with Crippen molar-refractivity contribution in [3.63, 3.8) is 0 Å². The van der Waals surface area contributed by atoms with Crippen molar-refractivity contribution < 1.29 is 9.90 Å². The van der Waals surface area contributed by atoms with Crippen molar-refractivity contribution in [3.8, 4) is 5.75 Å². The summed E-state index contributed by atoms with van der Waals surface area (Å²) in [5.41, 5.74) is 3.65. The molecule has 0 fully saturated rings. The summed E-state index contributed by atoms with van der Waals surface area (Å²) in [6, 6.07) is 11.9. The number of benzene rings is 2. The van der Waals surface area contributed by atoms with E-state index >= 15 is 0 Å². The van der Waals surface area contributed by atoms with Crippen molar-refractivity contribution in [2.45, 2.75) is 0 Å². The fourth-order valence-electron chi connectivity index (χ4n) is 1.62. The molecule has 0 aliphatic heterocycles. The van der Waals surface area contributed by atoms with E-state index in [-0.39, 0.29) is 18.2 Å². The van der Waals surface area contributed by atoms with E-state index in [1.807, 2.05) is 0 Å². The largest absolute Gasteiger partial charge is 0.507 e. The molecule has 7 heteroatoms. The quantitative estimate of drug-likeness (QED) is 0.548. The van der Waals surface area contributed by atoms with Gasteiger partial charge in [0.25, 0.3) is 5.91 Å². The summed E-state index contributed by atoms with van der Waals surface area (Å²) >= 11 is 9.19. The number of nitrogens with one attached hydrogen (secondary N) is 2. The molecule has 2 aromatic carbocycles. The highest BCUT2D eigenvalue weighted by atomic mass is 79.9. The van der Waals surface area contributed by atoms with Crippen LogP contribution >= 0.6 is 27.5 Å². The second kappa shape index (κ2) is 7.82. The predicted molar refractivity (Wildman–Crippen MR) is 91.5 cm³/mol. The number of rotatable bonds is 5. The molecule has 0 radical (unpaired) electrons. The van der Waals surface area contributed by atoms with Crippen LogP contribution < -0.4 is 10.7 Å². The van der Waals surface area contributed by atoms with Gasteiger partial charge in [-0.25, -0.2) is 5.43 Å². The molecule has 2 rings (SSSR count). The van der Waals surface area contributed by atoms with Gasteiger partial charge in [0.05, 0.1) is 12.8 Å². The second-order valence-electron chi connectivity index (χ2n) is 4.33. The van der Waals surface area contributed by atoms with Crippen LogP contribution in [0.3, 0.4) is 0 Å². The van der Waals surface area contributed by atoms with Gasteiger partial charge in [0.2, 0.25) is 0 Å². The number of hydrazone groups is 1. The van der Waals surface area contributed by atoms with Gasteiger partial charge in [0.1, 0.15) is 5.75 Å². The van der Waals surface area contributed by atoms with Crippen molar-refractivity contribution in [1.82, 2.24) is 5.43 Å². The van der Waals surface area contributed by atoms with E-state index in [9.17, 15) is 9.90 Å². The number of phenolic OH excluding ortho intramolecular Hbond substituents is 1. The van der Waals surface area contributed by atoms with Crippen LogP contribution in [0.2, 0.25) is 5.02 Å². The zero-order chi connectivity index (χ0) is 15.9. The molecule has 3 N–H and O–H groups in total. The Kier molecular flexibility index (Phi) is 5.80. The van der Waals surface area contributed by atoms with Crippen LogP contribution in [0.15, 0.2) is 52.0 Å². The van der Waals surface area contributed by atoms with Crippen LogP contribution in [-0.4, -0.2) is 23.8 Å². The summed E-state index contributed by atoms with van der Waals surface area (Å²) in [5, 5.41) is 16.9. The number of carbonyl (C=O) groups excluding carboxylic acids is 1. The van der Waals surface area contributed by atoms with Crippen molar-refractivity contribution in [2.24, 2.45) is 5.10 Å². The minimum absolute atomic E-state index is 0.0539. The molecule has 0 aliphatic carbocycles. The first-order chi connectivity index (χ1) is 10.6. The van der Waals surface area contributed by atoms with Crippen molar-refractivity contribution in [1.29, 1.82) is 0 Å². The lowest BCUT2D eigenvalue weighted by molar-refractivity contribution is -0.119. The van der Waals surface area contributed by atoms with Gasteiger partial charge in [-0.1, -0.05) is 23.7 Å². The third-order valence-electron chi connectivity index (χ3n) is 2.70. The Hall–Kier alpha value is -2.05. The van der Waals surface area contributed by atoms with Crippen LogP contribution in [0, 0.1) is 0 Å². The molecule has 0 unspecified atom stereocenters. The number of hydrogen-bond donors (Lipinski definition) is 3. The van der Waals surface area contributed by atoms with E-state index in [0.29, 0.717) is 10.6 Å². The van der Waals surface area contributed by atoms with E-state index in [1.54, 1.807) is 42.5 Å². The van der Waals surface area contributed by atoms with E-state index in [4.69, 9.17) is 11.6 Å². The van der Waals surface area contributed by atoms with Gasteiger partial charge in [0.15, 0.2) is 0 Å². The standard InChI is InChI=1S/C15H13BrClN3O2/c16-12-7-11(17)5-6-13(12)18-9-15(22)20-19-8-10-3-1-2-4-14(10)21/h1-8,18,21H,9H2,(H,20,22). The van der Waals surface area contributed by atoms with Gasteiger partial charge in [-0.3, -0.25) is 4.79 Å². The van der Waals surface area contributed by atoms with Gasteiger partial charge in [0, 0.05) is 20.7 Å². The monoisotopic (exact) mass is 381 g/mol. The van der Waals surface area contributed by atoms with Gasteiger partial charge < -0.3 is 10.4 Å². The third-order valence-corrected chi connectivity index (χ3v) is 3.59. The summed E-state index contributed by atoms with van der Waals surface area (Å²) in [4.78, 5) is 11.7. The molecule has 0 aliphatic rings. The zero-order valence-electron chi connectivity index (χ0n) is 11.4. The number of aromatic hydroxyl groups is 1. The summed E-state index contributed by atoms with van der Waals surface area (Å²) < 4.78 is 0.769. The van der Waals surface area contributed by atoms with Gasteiger partial charge in [-0.15, -0.1) is 0 Å². The number of hydrogen-bond acceptors (Lipinski definition) is 4. The highest BCUT2D eigenvalue weighted by Gasteiger charge is 2.03. The van der Waals surface area contributed by atoms with Crippen LogP contribution in [0.5, 0.6) is 5.75 Å². The number of para-hydroxylation sites is 1. The number of halogens is 2. The molecule has 0 saturated heterocycles. The van der Waals surface area contributed by atoms with Crippen molar-refractivity contribution in [3.05, 3.63) is 57.5 Å². The predicted octanol–water partition coefficient (Wildman–Crippen LogP) is 3.37. The molecule has 0 heterocycles. The zero-order valence-corrected chi connectivity index (χ0v) is 13.7. The Bertz CT molecular complexity index is 707. The van der Waals surface area contributed by atoms with Crippen LogP contribution in [-0.2, 0) is 4.79 Å². The first-order valence-corrected chi connectivity index (χ1v) is 7.52. The Labute approximate surface area is 141 Å². The summed E-state index contributed by atoms with van der Waals surface area (Å²) in [5.74, 6) is -0.211. The van der Waals surface area contributed by atoms with Crippen LogP contribution in [0.1, 0.15) is 5.56 Å². The number of nitrogens with zero attached hydrogens (tertiary/aromatic N) is 1. The fraction of sp³-hybridized carbons (Fsp3) is 0.0667. The summed E-state index contributed by atoms with van der Waals surface area (Å²) in [6.45, 7) is 0.0539. The molecule has 0 spiro atoms. The topological polar surface area (TPSA) is 73.7 Å². The lowest BCUT2D eigenvalue weighted by atomic mass is 10.2. The molecule has 22 heavy (non-hydrogen) atoms. The first-order valence-electron chi connectivity index (χ1n) is 6.35. The highest BCUT2D eigenvalue weighted by Crippen LogP contribution is 2.25. The van der Waals surface area contributed by atoms with E-state index in [0.717, 1.165) is 10.2 Å². The number of amides is 1. The Morgan fingerprint density at radius 3 is 2.82 bits per heavy atom. The third kappa shape index (κ3) is 4.75. The van der Waals surface area contributed by atoms with Gasteiger partial charge in [-0.05, 0) is 46.3 Å². The molecule has 2 aromatic rings. The van der Waals surface area contributed by atoms with Gasteiger partial charge in [-0.2, -0.15) is 5.10 Å². The lowest BCUT2D eigenvalue weighted by Crippen LogP contribution is -2.26. The second-order valence-corrected chi connectivity index (χ2v) is 5.62. The fourth-order valence-corrected chi connectivity index (χ4v) is 2.44. The van der Waals surface area contributed by atoms with Crippen LogP contribution in [0.4, 0.5) is 5.69 Å². The summed E-state index contributed by atoms with van der Waals surface area (Å²) in [6.07, 6.45) is 1.38. The maximum Gasteiger partial charge on any atom is 0.259 e. The summed E-state index contributed by atoms with van der Waals surface area (Å²) in [7, 11) is 0. The SMILES string of the molecule is O=C(CNc1ccc(Cl)cc1Br)NN=Cc1ccccc1O. The molecule has 114 valence electrons. The van der Waals surface area contributed by atoms with Crippen LogP contribution in [0.25, 0.3) is 0 Å². The average molecular weight is 383 g/mol. The highest BCUT2D eigenvalue weighted by molar-refractivity contribution is 9.10. The van der Waals surface area contributed by atoms with Crippen molar-refractivity contribution in [2.75, 3.05) is 11.9 Å². The smallest absolute Gasteiger partial charge is 0.259 e. The van der Waals surface area contributed by atoms with Gasteiger partial charge >= 0.3 is 0 Å². The number of carbonyl (C=O) groups is 1. The first kappa shape index (κ1) is 16.3. The number of phenols is 1.